The number of carbonyl (C=O) groups excluding carboxylic acids is 1. The monoisotopic (exact) mass is 450 g/mol. The molecule has 0 saturated carbocycles. The third-order valence-electron chi connectivity index (χ3n) is 4.82. The Bertz CT molecular complexity index is 1290. The van der Waals surface area contributed by atoms with Crippen molar-refractivity contribution in [2.75, 3.05) is 19.0 Å². The van der Waals surface area contributed by atoms with Crippen molar-refractivity contribution in [3.05, 3.63) is 66.0 Å². The van der Waals surface area contributed by atoms with Gasteiger partial charge in [0, 0.05) is 54.9 Å². The maximum Gasteiger partial charge on any atom is 0.267 e. The Labute approximate surface area is 188 Å². The van der Waals surface area contributed by atoms with Crippen LogP contribution in [-0.4, -0.2) is 33.4 Å². The lowest BCUT2D eigenvalue weighted by atomic mass is 10.1. The van der Waals surface area contributed by atoms with Crippen LogP contribution in [0.4, 0.5) is 5.69 Å². The normalized spacial score (nSPS) is 11.0. The number of hydrogen-bond donors (Lipinski definition) is 2. The highest BCUT2D eigenvalue weighted by molar-refractivity contribution is 7.89. The number of sulfonamides is 1. The fourth-order valence-corrected chi connectivity index (χ4v) is 4.25. The minimum atomic E-state index is -4.01. The highest BCUT2D eigenvalue weighted by Gasteiger charge is 2.20. The number of nitrogens with one attached hydrogen (secondary N) is 2. The van der Waals surface area contributed by atoms with Crippen LogP contribution in [-0.2, 0) is 10.0 Å². The molecule has 1 heterocycles. The second-order valence-electron chi connectivity index (χ2n) is 7.45. The minimum Gasteiger partial charge on any atom is -0.377 e. The number of anilines is 1. The number of aromatic nitrogens is 1. The van der Waals surface area contributed by atoms with Gasteiger partial charge in [0.1, 0.15) is 0 Å². The molecule has 0 saturated heterocycles. The van der Waals surface area contributed by atoms with Crippen molar-refractivity contribution in [3.8, 4) is 11.8 Å². The lowest BCUT2D eigenvalue weighted by molar-refractivity contribution is 0.0944. The van der Waals surface area contributed by atoms with Gasteiger partial charge in [0.15, 0.2) is 0 Å². The predicted octanol–water partition coefficient (Wildman–Crippen LogP) is 3.47. The lowest BCUT2D eigenvalue weighted by Crippen LogP contribution is -2.41. The summed E-state index contributed by atoms with van der Waals surface area (Å²) in [6.45, 7) is 2.09. The van der Waals surface area contributed by atoms with Gasteiger partial charge in [-0.15, -0.1) is 4.83 Å². The number of hydrogen-bond acceptors (Lipinski definition) is 5. The zero-order valence-electron chi connectivity index (χ0n) is 18.3. The molecule has 0 aliphatic rings. The molecule has 7 nitrogen and oxygen atoms in total. The van der Waals surface area contributed by atoms with Crippen LogP contribution in [0.2, 0.25) is 0 Å². The van der Waals surface area contributed by atoms with E-state index in [1.165, 1.54) is 12.3 Å². The third kappa shape index (κ3) is 5.44. The number of fused-ring (bicyclic) bond motifs is 1. The Morgan fingerprint density at radius 2 is 1.84 bits per heavy atom. The Kier molecular flexibility index (Phi) is 7.46. The van der Waals surface area contributed by atoms with Gasteiger partial charge in [-0.3, -0.25) is 15.2 Å². The van der Waals surface area contributed by atoms with E-state index in [1.54, 1.807) is 30.5 Å². The highest BCUT2D eigenvalue weighted by atomic mass is 32.2. The van der Waals surface area contributed by atoms with E-state index in [-0.39, 0.29) is 10.5 Å². The van der Waals surface area contributed by atoms with Gasteiger partial charge in [-0.25, -0.2) is 8.42 Å². The number of nitrogens with zero attached hydrogens (tertiary/aromatic N) is 2. The van der Waals surface area contributed by atoms with Crippen LogP contribution in [0.15, 0.2) is 59.8 Å². The quantitative estimate of drug-likeness (QED) is 0.327. The molecule has 0 spiro atoms. The van der Waals surface area contributed by atoms with E-state index in [2.05, 4.69) is 34.0 Å². The standard InChI is InChI=1S/C24H26N4O3S/c1-4-5-6-7-10-18-15-19(17-25-16-18)24(29)26-27-32(30,31)23-14-9-11-20-21(23)12-8-13-22(20)28(2)3/h8-9,11-17,27H,4-6H2,1-3H3,(H,26,29). The van der Waals surface area contributed by atoms with Crippen LogP contribution >= 0.6 is 0 Å². The molecule has 0 unspecified atom stereocenters. The molecule has 166 valence electrons. The predicted molar refractivity (Wildman–Crippen MR) is 127 cm³/mol. The summed E-state index contributed by atoms with van der Waals surface area (Å²) in [5.74, 6) is 5.39. The molecular weight excluding hydrogens is 424 g/mol. The van der Waals surface area contributed by atoms with Crippen LogP contribution in [0.25, 0.3) is 10.8 Å². The van der Waals surface area contributed by atoms with E-state index < -0.39 is 15.9 Å². The van der Waals surface area contributed by atoms with Gasteiger partial charge in [-0.1, -0.05) is 49.5 Å². The van der Waals surface area contributed by atoms with E-state index in [9.17, 15) is 13.2 Å². The molecule has 0 atom stereocenters. The summed E-state index contributed by atoms with van der Waals surface area (Å²) in [6, 6.07) is 12.1. The summed E-state index contributed by atoms with van der Waals surface area (Å²) < 4.78 is 25.9. The molecule has 3 aromatic rings. The van der Waals surface area contributed by atoms with Gasteiger partial charge in [0.05, 0.1) is 10.5 Å². The van der Waals surface area contributed by atoms with Gasteiger partial charge < -0.3 is 4.90 Å². The van der Waals surface area contributed by atoms with E-state index in [0.29, 0.717) is 10.9 Å². The summed E-state index contributed by atoms with van der Waals surface area (Å²) in [7, 11) is -0.225. The first-order valence-electron chi connectivity index (χ1n) is 10.3. The minimum absolute atomic E-state index is 0.0765. The van der Waals surface area contributed by atoms with E-state index in [4.69, 9.17) is 0 Å². The average molecular weight is 451 g/mol. The molecule has 1 aromatic heterocycles. The molecule has 1 amide bonds. The van der Waals surface area contributed by atoms with E-state index >= 15 is 0 Å². The van der Waals surface area contributed by atoms with E-state index in [1.807, 2.05) is 31.1 Å². The molecule has 2 N–H and O–H groups in total. The van der Waals surface area contributed by atoms with Crippen molar-refractivity contribution in [3.63, 3.8) is 0 Å². The highest BCUT2D eigenvalue weighted by Crippen LogP contribution is 2.29. The second-order valence-corrected chi connectivity index (χ2v) is 9.10. The Morgan fingerprint density at radius 1 is 1.09 bits per heavy atom. The van der Waals surface area contributed by atoms with Crippen molar-refractivity contribution in [2.24, 2.45) is 0 Å². The Balaban J connectivity index is 1.79. The number of carbonyl (C=O) groups is 1. The molecule has 2 aromatic carbocycles. The maximum absolute atomic E-state index is 13.0. The summed E-state index contributed by atoms with van der Waals surface area (Å²) in [6.07, 6.45) is 5.77. The molecular formula is C24H26N4O3S. The second kappa shape index (κ2) is 10.3. The van der Waals surface area contributed by atoms with Crippen LogP contribution in [0, 0.1) is 11.8 Å². The average Bonchev–Trinajstić information content (AvgIpc) is 2.79. The van der Waals surface area contributed by atoms with Gasteiger partial charge in [-0.05, 0) is 24.6 Å². The third-order valence-corrected chi connectivity index (χ3v) is 6.12. The maximum atomic E-state index is 13.0. The fraction of sp³-hybridized carbons (Fsp3) is 0.250. The van der Waals surface area contributed by atoms with Crippen LogP contribution < -0.4 is 15.2 Å². The molecule has 32 heavy (non-hydrogen) atoms. The van der Waals surface area contributed by atoms with Crippen molar-refractivity contribution in [1.29, 1.82) is 0 Å². The molecule has 0 radical (unpaired) electrons. The SMILES string of the molecule is CCCCC#Cc1cncc(C(=O)NNS(=O)(=O)c2cccc3c(N(C)C)cccc23)c1. The summed E-state index contributed by atoms with van der Waals surface area (Å²) in [5.41, 5.74) is 3.97. The molecule has 3 rings (SSSR count). The van der Waals surface area contributed by atoms with Crippen molar-refractivity contribution < 1.29 is 13.2 Å². The first kappa shape index (κ1) is 23.3. The van der Waals surface area contributed by atoms with Crippen LogP contribution in [0.1, 0.15) is 42.1 Å². The Morgan fingerprint density at radius 3 is 2.59 bits per heavy atom. The fourth-order valence-electron chi connectivity index (χ4n) is 3.19. The first-order chi connectivity index (χ1) is 15.3. The van der Waals surface area contributed by atoms with Gasteiger partial charge in [0.2, 0.25) is 0 Å². The number of rotatable bonds is 7. The lowest BCUT2D eigenvalue weighted by Gasteiger charge is -2.17. The summed E-state index contributed by atoms with van der Waals surface area (Å²) in [5, 5.41) is 1.36. The first-order valence-corrected chi connectivity index (χ1v) is 11.8. The van der Waals surface area contributed by atoms with Gasteiger partial charge in [-0.2, -0.15) is 0 Å². The number of pyridine rings is 1. The summed E-state index contributed by atoms with van der Waals surface area (Å²) in [4.78, 5) is 20.7. The summed E-state index contributed by atoms with van der Waals surface area (Å²) >= 11 is 0. The topological polar surface area (TPSA) is 91.4 Å². The Hall–Kier alpha value is -3.41. The molecule has 0 aliphatic heterocycles. The number of hydrazine groups is 1. The van der Waals surface area contributed by atoms with Crippen molar-refractivity contribution in [2.45, 2.75) is 31.1 Å². The van der Waals surface area contributed by atoms with Crippen LogP contribution in [0.3, 0.4) is 0 Å². The zero-order valence-corrected chi connectivity index (χ0v) is 19.2. The number of amides is 1. The molecule has 8 heteroatoms. The molecule has 0 bridgehead atoms. The largest absolute Gasteiger partial charge is 0.377 e. The van der Waals surface area contributed by atoms with Crippen molar-refractivity contribution >= 4 is 32.4 Å². The molecule has 0 fully saturated rings. The van der Waals surface area contributed by atoms with Gasteiger partial charge >= 0.3 is 0 Å². The molecule has 0 aliphatic carbocycles. The van der Waals surface area contributed by atoms with E-state index in [0.717, 1.165) is 30.3 Å². The van der Waals surface area contributed by atoms with Gasteiger partial charge in [0.25, 0.3) is 15.9 Å². The zero-order chi connectivity index (χ0) is 23.1. The smallest absolute Gasteiger partial charge is 0.267 e. The number of benzene rings is 2. The van der Waals surface area contributed by atoms with Crippen molar-refractivity contribution in [1.82, 2.24) is 15.2 Å². The number of unbranched alkanes of at least 4 members (excludes halogenated alkanes) is 2. The van der Waals surface area contributed by atoms with Crippen LogP contribution in [0.5, 0.6) is 0 Å².